The highest BCUT2D eigenvalue weighted by atomic mass is 15.2. The fourth-order valence-corrected chi connectivity index (χ4v) is 2.53. The number of nitrogens with one attached hydrogen (secondary N) is 2. The van der Waals surface area contributed by atoms with Crippen LogP contribution in [0, 0.1) is 0 Å². The highest BCUT2D eigenvalue weighted by molar-refractivity contribution is 5.51. The van der Waals surface area contributed by atoms with Gasteiger partial charge >= 0.3 is 0 Å². The summed E-state index contributed by atoms with van der Waals surface area (Å²) in [7, 11) is 2.23. The zero-order valence-electron chi connectivity index (χ0n) is 12.2. The van der Waals surface area contributed by atoms with Gasteiger partial charge in [0, 0.05) is 37.1 Å². The minimum Gasteiger partial charge on any atom is -0.383 e. The third kappa shape index (κ3) is 4.39. The minimum absolute atomic E-state index is 0.661. The summed E-state index contributed by atoms with van der Waals surface area (Å²) in [6.45, 7) is 5.38. The maximum absolute atomic E-state index is 4.33. The first-order valence-electron chi connectivity index (χ1n) is 7.43. The molecule has 0 aromatic carbocycles. The van der Waals surface area contributed by atoms with Gasteiger partial charge < -0.3 is 15.5 Å². The summed E-state index contributed by atoms with van der Waals surface area (Å²) >= 11 is 0. The Morgan fingerprint density at radius 3 is 3.05 bits per heavy atom. The van der Waals surface area contributed by atoms with Crippen LogP contribution in [0.2, 0.25) is 0 Å². The van der Waals surface area contributed by atoms with Gasteiger partial charge in [0.05, 0.1) is 0 Å². The number of likely N-dealkylation sites (N-methyl/N-ethyl adjacent to an activating group) is 1. The lowest BCUT2D eigenvalue weighted by Gasteiger charge is -2.32. The van der Waals surface area contributed by atoms with Gasteiger partial charge in [-0.1, -0.05) is 13.3 Å². The first-order valence-corrected chi connectivity index (χ1v) is 7.43. The summed E-state index contributed by atoms with van der Waals surface area (Å²) < 4.78 is 0. The summed E-state index contributed by atoms with van der Waals surface area (Å²) in [4.78, 5) is 6.79. The molecule has 1 saturated heterocycles. The second-order valence-electron chi connectivity index (χ2n) is 5.37. The maximum Gasteiger partial charge on any atom is 0.127 e. The van der Waals surface area contributed by atoms with Gasteiger partial charge in [-0.15, -0.1) is 0 Å². The molecule has 0 bridgehead atoms. The Hall–Kier alpha value is -1.29. The molecule has 2 heterocycles. The molecule has 0 radical (unpaired) electrons. The summed E-state index contributed by atoms with van der Waals surface area (Å²) in [5, 5.41) is 6.86. The smallest absolute Gasteiger partial charge is 0.127 e. The van der Waals surface area contributed by atoms with Crippen molar-refractivity contribution in [3.05, 3.63) is 18.3 Å². The quantitative estimate of drug-likeness (QED) is 0.827. The molecule has 2 rings (SSSR count). The summed E-state index contributed by atoms with van der Waals surface area (Å²) in [6, 6.07) is 4.80. The third-order valence-electron chi connectivity index (χ3n) is 3.78. The van der Waals surface area contributed by atoms with E-state index in [0.717, 1.165) is 31.0 Å². The molecule has 0 spiro atoms. The second-order valence-corrected chi connectivity index (χ2v) is 5.37. The molecule has 4 heteroatoms. The van der Waals surface area contributed by atoms with E-state index in [1.54, 1.807) is 0 Å². The molecule has 1 atom stereocenters. The Kier molecular flexibility index (Phi) is 5.45. The third-order valence-corrected chi connectivity index (χ3v) is 3.78. The number of hydrogen-bond acceptors (Lipinski definition) is 4. The predicted molar refractivity (Wildman–Crippen MR) is 81.8 cm³/mol. The largest absolute Gasteiger partial charge is 0.383 e. The topological polar surface area (TPSA) is 40.2 Å². The fourth-order valence-electron chi connectivity index (χ4n) is 2.53. The summed E-state index contributed by atoms with van der Waals surface area (Å²) in [6.07, 6.45) is 6.98. The number of aromatic nitrogens is 1. The van der Waals surface area contributed by atoms with Gasteiger partial charge in [-0.2, -0.15) is 0 Å². The molecule has 1 unspecified atom stereocenters. The highest BCUT2D eigenvalue weighted by Crippen LogP contribution is 2.17. The fraction of sp³-hybridized carbons (Fsp3) is 0.667. The Morgan fingerprint density at radius 2 is 2.26 bits per heavy atom. The standard InChI is InChI=1S/C15H26N4/c1-3-8-16-15-11-13(7-9-17-15)18-12-14-6-4-5-10-19(14)2/h7,9,11,14H,3-6,8,10,12H2,1-2H3,(H2,16,17,18). The van der Waals surface area contributed by atoms with Gasteiger partial charge in [-0.05, 0) is 38.9 Å². The molecule has 106 valence electrons. The van der Waals surface area contributed by atoms with Gasteiger partial charge in [0.2, 0.25) is 0 Å². The van der Waals surface area contributed by atoms with Crippen LogP contribution in [0.3, 0.4) is 0 Å². The van der Waals surface area contributed by atoms with Gasteiger partial charge in [0.1, 0.15) is 5.82 Å². The first kappa shape index (κ1) is 14.1. The van der Waals surface area contributed by atoms with E-state index in [4.69, 9.17) is 0 Å². The molecule has 19 heavy (non-hydrogen) atoms. The van der Waals surface area contributed by atoms with Crippen LogP contribution in [0.5, 0.6) is 0 Å². The van der Waals surface area contributed by atoms with Gasteiger partial charge in [-0.25, -0.2) is 4.98 Å². The van der Waals surface area contributed by atoms with Crippen molar-refractivity contribution in [2.75, 3.05) is 37.3 Å². The normalized spacial score (nSPS) is 20.2. The van der Waals surface area contributed by atoms with Crippen LogP contribution in [-0.2, 0) is 0 Å². The van der Waals surface area contributed by atoms with Crippen LogP contribution < -0.4 is 10.6 Å². The van der Waals surface area contributed by atoms with Crippen LogP contribution in [0.15, 0.2) is 18.3 Å². The molecule has 1 aromatic heterocycles. The van der Waals surface area contributed by atoms with Crippen LogP contribution in [0.1, 0.15) is 32.6 Å². The molecule has 2 N–H and O–H groups in total. The zero-order chi connectivity index (χ0) is 13.5. The Labute approximate surface area is 116 Å². The van der Waals surface area contributed by atoms with Gasteiger partial charge in [-0.3, -0.25) is 0 Å². The van der Waals surface area contributed by atoms with E-state index in [1.165, 1.54) is 25.8 Å². The van der Waals surface area contributed by atoms with Crippen LogP contribution >= 0.6 is 0 Å². The van der Waals surface area contributed by atoms with Crippen molar-refractivity contribution in [1.82, 2.24) is 9.88 Å². The number of rotatable bonds is 6. The minimum atomic E-state index is 0.661. The van der Waals surface area contributed by atoms with Gasteiger partial charge in [0.15, 0.2) is 0 Å². The second kappa shape index (κ2) is 7.34. The number of anilines is 2. The van der Waals surface area contributed by atoms with Crippen LogP contribution in [0.4, 0.5) is 11.5 Å². The molecule has 4 nitrogen and oxygen atoms in total. The molecule has 1 aromatic rings. The highest BCUT2D eigenvalue weighted by Gasteiger charge is 2.18. The van der Waals surface area contributed by atoms with Crippen molar-refractivity contribution in [1.29, 1.82) is 0 Å². The Morgan fingerprint density at radius 1 is 1.37 bits per heavy atom. The van der Waals surface area contributed by atoms with Crippen LogP contribution in [-0.4, -0.2) is 42.6 Å². The molecule has 1 aliphatic rings. The number of hydrogen-bond donors (Lipinski definition) is 2. The summed E-state index contributed by atoms with van der Waals surface area (Å²) in [5.74, 6) is 0.962. The molecule has 0 amide bonds. The van der Waals surface area contributed by atoms with E-state index in [-0.39, 0.29) is 0 Å². The van der Waals surface area contributed by atoms with E-state index >= 15 is 0 Å². The van der Waals surface area contributed by atoms with E-state index in [9.17, 15) is 0 Å². The lowest BCUT2D eigenvalue weighted by Crippen LogP contribution is -2.40. The van der Waals surface area contributed by atoms with E-state index in [2.05, 4.69) is 40.6 Å². The predicted octanol–water partition coefficient (Wildman–Crippen LogP) is 2.80. The van der Waals surface area contributed by atoms with Crippen molar-refractivity contribution in [2.24, 2.45) is 0 Å². The molecule has 0 saturated carbocycles. The summed E-state index contributed by atoms with van der Waals surface area (Å²) in [5.41, 5.74) is 1.16. The van der Waals surface area contributed by atoms with Crippen molar-refractivity contribution in [2.45, 2.75) is 38.6 Å². The van der Waals surface area contributed by atoms with Gasteiger partial charge in [0.25, 0.3) is 0 Å². The average molecular weight is 262 g/mol. The molecular weight excluding hydrogens is 236 g/mol. The Balaban J connectivity index is 1.84. The molecule has 1 fully saturated rings. The van der Waals surface area contributed by atoms with Crippen molar-refractivity contribution in [3.63, 3.8) is 0 Å². The molecule has 1 aliphatic heterocycles. The Bertz CT molecular complexity index is 380. The van der Waals surface area contributed by atoms with E-state index in [1.807, 2.05) is 12.3 Å². The van der Waals surface area contributed by atoms with E-state index in [0.29, 0.717) is 6.04 Å². The molecular formula is C15H26N4. The van der Waals surface area contributed by atoms with Crippen molar-refractivity contribution in [3.8, 4) is 0 Å². The van der Waals surface area contributed by atoms with E-state index < -0.39 is 0 Å². The maximum atomic E-state index is 4.33. The number of nitrogens with zero attached hydrogens (tertiary/aromatic N) is 2. The lowest BCUT2D eigenvalue weighted by molar-refractivity contribution is 0.194. The average Bonchev–Trinajstić information content (AvgIpc) is 2.45. The number of pyridine rings is 1. The SMILES string of the molecule is CCCNc1cc(NCC2CCCCN2C)ccn1. The van der Waals surface area contributed by atoms with Crippen LogP contribution in [0.25, 0.3) is 0 Å². The number of likely N-dealkylation sites (tertiary alicyclic amines) is 1. The van der Waals surface area contributed by atoms with Crippen molar-refractivity contribution < 1.29 is 0 Å². The number of piperidine rings is 1. The lowest BCUT2D eigenvalue weighted by atomic mass is 10.0. The monoisotopic (exact) mass is 262 g/mol. The zero-order valence-corrected chi connectivity index (χ0v) is 12.2. The first-order chi connectivity index (χ1) is 9.29. The molecule has 0 aliphatic carbocycles. The van der Waals surface area contributed by atoms with Crippen molar-refractivity contribution >= 4 is 11.5 Å².